The number of carbonyl (C=O) groups excluding carboxylic acids is 1. The van der Waals surface area contributed by atoms with E-state index in [4.69, 9.17) is 28.5 Å². The van der Waals surface area contributed by atoms with Crippen molar-refractivity contribution >= 4 is 34.8 Å². The summed E-state index contributed by atoms with van der Waals surface area (Å²) in [4.78, 5) is 16.8. The second-order valence-electron chi connectivity index (χ2n) is 6.31. The lowest BCUT2D eigenvalue weighted by atomic mass is 10.1. The zero-order valence-corrected chi connectivity index (χ0v) is 15.8. The number of amides is 1. The van der Waals surface area contributed by atoms with Crippen LogP contribution in [-0.2, 0) is 11.2 Å². The van der Waals surface area contributed by atoms with Crippen LogP contribution in [0.1, 0.15) is 17.5 Å². The molecular weight excluding hydrogens is 369 g/mol. The van der Waals surface area contributed by atoms with Crippen molar-refractivity contribution in [2.75, 3.05) is 31.1 Å². The van der Waals surface area contributed by atoms with Crippen molar-refractivity contribution in [1.29, 1.82) is 5.26 Å². The van der Waals surface area contributed by atoms with E-state index < -0.39 is 0 Å². The number of halogens is 2. The second-order valence-corrected chi connectivity index (χ2v) is 7.12. The third-order valence-electron chi connectivity index (χ3n) is 4.55. The maximum absolute atomic E-state index is 12.6. The Labute approximate surface area is 163 Å². The van der Waals surface area contributed by atoms with Crippen molar-refractivity contribution in [2.45, 2.75) is 12.8 Å². The number of benzene rings is 2. The summed E-state index contributed by atoms with van der Waals surface area (Å²) in [6.07, 6.45) is 1.24. The lowest BCUT2D eigenvalue weighted by molar-refractivity contribution is -0.130. The first-order chi connectivity index (χ1) is 12.6. The molecule has 0 aromatic heterocycles. The predicted molar refractivity (Wildman–Crippen MR) is 105 cm³/mol. The highest BCUT2D eigenvalue weighted by Gasteiger charge is 2.19. The number of hydrogen-bond acceptors (Lipinski definition) is 3. The summed E-state index contributed by atoms with van der Waals surface area (Å²) in [7, 11) is 0. The van der Waals surface area contributed by atoms with Crippen molar-refractivity contribution in [3.05, 3.63) is 63.6 Å². The lowest BCUT2D eigenvalue weighted by Gasteiger charge is -2.24. The Hall–Kier alpha value is -2.22. The molecule has 0 aliphatic carbocycles. The average molecular weight is 388 g/mol. The van der Waals surface area contributed by atoms with Crippen LogP contribution in [0, 0.1) is 11.3 Å². The predicted octanol–water partition coefficient (Wildman–Crippen LogP) is 4.15. The Kier molecular flexibility index (Phi) is 6.03. The zero-order valence-electron chi connectivity index (χ0n) is 14.3. The number of anilines is 1. The Balaban J connectivity index is 1.61. The van der Waals surface area contributed by atoms with E-state index in [1.165, 1.54) is 0 Å². The smallest absolute Gasteiger partial charge is 0.227 e. The van der Waals surface area contributed by atoms with Gasteiger partial charge in [-0.15, -0.1) is 0 Å². The van der Waals surface area contributed by atoms with Crippen LogP contribution in [0.4, 0.5) is 5.69 Å². The van der Waals surface area contributed by atoms with Crippen LogP contribution in [0.2, 0.25) is 10.0 Å². The van der Waals surface area contributed by atoms with Gasteiger partial charge in [-0.3, -0.25) is 4.79 Å². The molecule has 1 heterocycles. The monoisotopic (exact) mass is 387 g/mol. The summed E-state index contributed by atoms with van der Waals surface area (Å²) < 4.78 is 0. The molecule has 0 radical (unpaired) electrons. The van der Waals surface area contributed by atoms with Gasteiger partial charge in [0.15, 0.2) is 0 Å². The van der Waals surface area contributed by atoms with Gasteiger partial charge in [-0.2, -0.15) is 5.26 Å². The van der Waals surface area contributed by atoms with Crippen LogP contribution in [0.5, 0.6) is 0 Å². The molecule has 1 fully saturated rings. The van der Waals surface area contributed by atoms with E-state index in [-0.39, 0.29) is 5.91 Å². The van der Waals surface area contributed by atoms with E-state index in [0.29, 0.717) is 28.6 Å². The molecule has 0 bridgehead atoms. The van der Waals surface area contributed by atoms with Gasteiger partial charge in [0.1, 0.15) is 0 Å². The molecule has 1 aliphatic heterocycles. The fourth-order valence-electron chi connectivity index (χ4n) is 3.11. The average Bonchev–Trinajstić information content (AvgIpc) is 2.91. The maximum Gasteiger partial charge on any atom is 0.227 e. The Bertz CT molecular complexity index is 830. The highest BCUT2D eigenvalue weighted by Crippen LogP contribution is 2.23. The Morgan fingerprint density at radius 2 is 1.77 bits per heavy atom. The molecule has 2 aromatic carbocycles. The maximum atomic E-state index is 12.6. The molecular formula is C20H19Cl2N3O. The molecule has 1 saturated heterocycles. The van der Waals surface area contributed by atoms with E-state index in [0.717, 1.165) is 37.3 Å². The first-order valence-electron chi connectivity index (χ1n) is 8.53. The quantitative estimate of drug-likeness (QED) is 0.794. The molecule has 26 heavy (non-hydrogen) atoms. The van der Waals surface area contributed by atoms with Gasteiger partial charge in [-0.05, 0) is 48.4 Å². The SMILES string of the molecule is N#Cc1ccc(N2CCCN(C(=O)Cc3ccc(Cl)c(Cl)c3)CC2)cc1. The fourth-order valence-corrected chi connectivity index (χ4v) is 3.43. The summed E-state index contributed by atoms with van der Waals surface area (Å²) in [5, 5.41) is 9.88. The fraction of sp³-hybridized carbons (Fsp3) is 0.300. The van der Waals surface area contributed by atoms with Crippen LogP contribution in [0.3, 0.4) is 0 Å². The summed E-state index contributed by atoms with van der Waals surface area (Å²) in [5.74, 6) is 0.102. The van der Waals surface area contributed by atoms with Crippen LogP contribution in [-0.4, -0.2) is 37.0 Å². The molecule has 1 aliphatic rings. The van der Waals surface area contributed by atoms with Gasteiger partial charge >= 0.3 is 0 Å². The van der Waals surface area contributed by atoms with Crippen molar-refractivity contribution < 1.29 is 4.79 Å². The van der Waals surface area contributed by atoms with Gasteiger partial charge in [0.2, 0.25) is 5.91 Å². The molecule has 6 heteroatoms. The van der Waals surface area contributed by atoms with E-state index in [9.17, 15) is 4.79 Å². The standard InChI is InChI=1S/C20H19Cl2N3O/c21-18-7-4-16(12-19(18)22)13-20(26)25-9-1-8-24(10-11-25)17-5-2-15(14-23)3-6-17/h2-7,12H,1,8-11,13H2. The van der Waals surface area contributed by atoms with Gasteiger partial charge in [0.25, 0.3) is 0 Å². The Morgan fingerprint density at radius 1 is 1.00 bits per heavy atom. The van der Waals surface area contributed by atoms with Crippen LogP contribution < -0.4 is 4.90 Å². The molecule has 0 spiro atoms. The first-order valence-corrected chi connectivity index (χ1v) is 9.29. The normalized spacial score (nSPS) is 14.7. The zero-order chi connectivity index (χ0) is 18.5. The van der Waals surface area contributed by atoms with E-state index in [2.05, 4.69) is 11.0 Å². The second kappa shape index (κ2) is 8.44. The number of nitrogens with zero attached hydrogens (tertiary/aromatic N) is 3. The topological polar surface area (TPSA) is 47.3 Å². The van der Waals surface area contributed by atoms with Crippen LogP contribution in [0.15, 0.2) is 42.5 Å². The highest BCUT2D eigenvalue weighted by atomic mass is 35.5. The first kappa shape index (κ1) is 18.6. The Morgan fingerprint density at radius 3 is 2.46 bits per heavy atom. The third-order valence-corrected chi connectivity index (χ3v) is 5.29. The van der Waals surface area contributed by atoms with Gasteiger partial charge < -0.3 is 9.80 Å². The molecule has 2 aromatic rings. The summed E-state index contributed by atoms with van der Waals surface area (Å²) in [6, 6.07) is 15.0. The number of nitriles is 1. The minimum absolute atomic E-state index is 0.102. The van der Waals surface area contributed by atoms with Crippen LogP contribution >= 0.6 is 23.2 Å². The van der Waals surface area contributed by atoms with Gasteiger partial charge in [-0.1, -0.05) is 29.3 Å². The molecule has 0 unspecified atom stereocenters. The van der Waals surface area contributed by atoms with Crippen molar-refractivity contribution in [2.24, 2.45) is 0 Å². The molecule has 3 rings (SSSR count). The molecule has 134 valence electrons. The van der Waals surface area contributed by atoms with Gasteiger partial charge in [0.05, 0.1) is 28.1 Å². The number of hydrogen-bond donors (Lipinski definition) is 0. The molecule has 0 atom stereocenters. The van der Waals surface area contributed by atoms with Gasteiger partial charge in [-0.25, -0.2) is 0 Å². The van der Waals surface area contributed by atoms with Crippen LogP contribution in [0.25, 0.3) is 0 Å². The highest BCUT2D eigenvalue weighted by molar-refractivity contribution is 6.42. The molecule has 0 N–H and O–H groups in total. The van der Waals surface area contributed by atoms with Crippen molar-refractivity contribution in [3.63, 3.8) is 0 Å². The molecule has 4 nitrogen and oxygen atoms in total. The molecule has 1 amide bonds. The lowest BCUT2D eigenvalue weighted by Crippen LogP contribution is -2.36. The van der Waals surface area contributed by atoms with Gasteiger partial charge in [0, 0.05) is 31.9 Å². The minimum atomic E-state index is 0.102. The number of rotatable bonds is 3. The summed E-state index contributed by atoms with van der Waals surface area (Å²) >= 11 is 12.0. The third kappa shape index (κ3) is 4.49. The largest absolute Gasteiger partial charge is 0.370 e. The van der Waals surface area contributed by atoms with Crippen molar-refractivity contribution in [3.8, 4) is 6.07 Å². The van der Waals surface area contributed by atoms with E-state index in [1.807, 2.05) is 35.2 Å². The number of carbonyl (C=O) groups is 1. The van der Waals surface area contributed by atoms with Crippen molar-refractivity contribution in [1.82, 2.24) is 4.90 Å². The van der Waals surface area contributed by atoms with E-state index in [1.54, 1.807) is 12.1 Å². The summed E-state index contributed by atoms with van der Waals surface area (Å²) in [6.45, 7) is 3.09. The summed E-state index contributed by atoms with van der Waals surface area (Å²) in [5.41, 5.74) is 2.61. The molecule has 0 saturated carbocycles. The minimum Gasteiger partial charge on any atom is -0.370 e. The van der Waals surface area contributed by atoms with E-state index >= 15 is 0 Å².